The van der Waals surface area contributed by atoms with E-state index >= 15 is 0 Å². The van der Waals surface area contributed by atoms with Gasteiger partial charge >= 0.3 is 0 Å². The summed E-state index contributed by atoms with van der Waals surface area (Å²) in [4.78, 5) is 0. The average Bonchev–Trinajstić information content (AvgIpc) is 3.02. The maximum absolute atomic E-state index is 10.2. The summed E-state index contributed by atoms with van der Waals surface area (Å²) in [6, 6.07) is 18.2. The number of benzene rings is 2. The van der Waals surface area contributed by atoms with Crippen molar-refractivity contribution >= 4 is 0 Å². The Hall–Kier alpha value is -2.06. The summed E-state index contributed by atoms with van der Waals surface area (Å²) in [6.07, 6.45) is 2.19. The van der Waals surface area contributed by atoms with Gasteiger partial charge in [-0.05, 0) is 22.8 Å². The molecule has 2 heteroatoms. The molecule has 1 N–H and O–H groups in total. The van der Waals surface area contributed by atoms with Crippen molar-refractivity contribution in [2.24, 2.45) is 0 Å². The molecule has 0 radical (unpaired) electrons. The first-order valence-electron chi connectivity index (χ1n) is 6.51. The molecule has 1 unspecified atom stereocenters. The van der Waals surface area contributed by atoms with E-state index < -0.39 is 6.10 Å². The third-order valence-electron chi connectivity index (χ3n) is 3.34. The summed E-state index contributed by atoms with van der Waals surface area (Å²) >= 11 is 0. The van der Waals surface area contributed by atoms with Crippen LogP contribution in [0.1, 0.15) is 18.1 Å². The van der Waals surface area contributed by atoms with E-state index in [2.05, 4.69) is 12.1 Å². The van der Waals surface area contributed by atoms with Crippen LogP contribution in [0, 0.1) is 0 Å². The van der Waals surface area contributed by atoms with Gasteiger partial charge in [-0.3, -0.25) is 0 Å². The quantitative estimate of drug-likeness (QED) is 0.902. The number of aliphatic hydroxyl groups is 1. The standard InChI is InChI=1S/C17H16O2/c18-17(16-7-4-12-19-16)15-10-8-14(9-11-15)13-5-2-1-3-6-13/h1-3,5-11,17-18H,4,12H2. The van der Waals surface area contributed by atoms with Gasteiger partial charge in [-0.15, -0.1) is 0 Å². The number of rotatable bonds is 3. The second-order valence-electron chi connectivity index (χ2n) is 4.63. The number of hydrogen-bond donors (Lipinski definition) is 1. The monoisotopic (exact) mass is 252 g/mol. The molecule has 19 heavy (non-hydrogen) atoms. The molecule has 1 heterocycles. The van der Waals surface area contributed by atoms with Crippen molar-refractivity contribution in [2.75, 3.05) is 6.61 Å². The number of aliphatic hydroxyl groups excluding tert-OH is 1. The van der Waals surface area contributed by atoms with Crippen LogP contribution in [0.4, 0.5) is 0 Å². The molecule has 0 fully saturated rings. The molecule has 1 aliphatic rings. The van der Waals surface area contributed by atoms with Gasteiger partial charge in [0.15, 0.2) is 0 Å². The van der Waals surface area contributed by atoms with Crippen molar-refractivity contribution in [1.82, 2.24) is 0 Å². The topological polar surface area (TPSA) is 29.5 Å². The highest BCUT2D eigenvalue weighted by atomic mass is 16.5. The predicted molar refractivity (Wildman–Crippen MR) is 75.5 cm³/mol. The summed E-state index contributed by atoms with van der Waals surface area (Å²) in [5, 5.41) is 10.2. The van der Waals surface area contributed by atoms with Gasteiger partial charge in [0.1, 0.15) is 11.9 Å². The Kier molecular flexibility index (Phi) is 3.34. The Morgan fingerprint density at radius 1 is 0.895 bits per heavy atom. The maximum atomic E-state index is 10.2. The minimum absolute atomic E-state index is 0.646. The Bertz CT molecular complexity index is 570. The van der Waals surface area contributed by atoms with Crippen molar-refractivity contribution in [3.63, 3.8) is 0 Å². The van der Waals surface area contributed by atoms with E-state index in [1.54, 1.807) is 0 Å². The summed E-state index contributed by atoms with van der Waals surface area (Å²) < 4.78 is 5.40. The summed E-state index contributed by atoms with van der Waals surface area (Å²) in [6.45, 7) is 0.675. The van der Waals surface area contributed by atoms with Crippen molar-refractivity contribution in [3.05, 3.63) is 72.0 Å². The molecule has 0 bridgehead atoms. The van der Waals surface area contributed by atoms with Crippen LogP contribution in [0.25, 0.3) is 11.1 Å². The summed E-state index contributed by atoms with van der Waals surface area (Å²) in [5.41, 5.74) is 3.20. The highest BCUT2D eigenvalue weighted by Crippen LogP contribution is 2.28. The molecule has 0 spiro atoms. The van der Waals surface area contributed by atoms with Crippen LogP contribution in [0.3, 0.4) is 0 Å². The first-order valence-corrected chi connectivity index (χ1v) is 6.51. The largest absolute Gasteiger partial charge is 0.495 e. The van der Waals surface area contributed by atoms with E-state index in [1.165, 1.54) is 5.56 Å². The molecule has 96 valence electrons. The maximum Gasteiger partial charge on any atom is 0.136 e. The molecule has 0 saturated heterocycles. The third kappa shape index (κ3) is 2.54. The van der Waals surface area contributed by atoms with Crippen molar-refractivity contribution in [2.45, 2.75) is 12.5 Å². The Balaban J connectivity index is 1.83. The van der Waals surface area contributed by atoms with E-state index in [0.29, 0.717) is 12.4 Å². The van der Waals surface area contributed by atoms with E-state index in [1.807, 2.05) is 48.5 Å². The molecule has 0 amide bonds. The van der Waals surface area contributed by atoms with Gasteiger partial charge in [0, 0.05) is 6.42 Å². The molecule has 2 nitrogen and oxygen atoms in total. The number of hydrogen-bond acceptors (Lipinski definition) is 2. The molecule has 3 rings (SSSR count). The Morgan fingerprint density at radius 3 is 2.21 bits per heavy atom. The van der Waals surface area contributed by atoms with Crippen LogP contribution in [-0.2, 0) is 4.74 Å². The first-order chi connectivity index (χ1) is 9.34. The van der Waals surface area contributed by atoms with Gasteiger partial charge in [0.2, 0.25) is 0 Å². The normalized spacial score (nSPS) is 15.7. The van der Waals surface area contributed by atoms with Gasteiger partial charge in [0.25, 0.3) is 0 Å². The minimum Gasteiger partial charge on any atom is -0.495 e. The minimum atomic E-state index is -0.646. The number of ether oxygens (including phenoxy) is 1. The molecule has 1 atom stereocenters. The lowest BCUT2D eigenvalue weighted by Crippen LogP contribution is -2.01. The molecule has 0 saturated carbocycles. The van der Waals surface area contributed by atoms with Crippen LogP contribution >= 0.6 is 0 Å². The molecule has 0 aromatic heterocycles. The molecule has 1 aliphatic heterocycles. The molecular formula is C17H16O2. The molecular weight excluding hydrogens is 236 g/mol. The molecule has 2 aromatic carbocycles. The van der Waals surface area contributed by atoms with Crippen molar-refractivity contribution in [1.29, 1.82) is 0 Å². The van der Waals surface area contributed by atoms with E-state index in [4.69, 9.17) is 4.74 Å². The zero-order chi connectivity index (χ0) is 13.1. The lowest BCUT2D eigenvalue weighted by atomic mass is 10.0. The smallest absolute Gasteiger partial charge is 0.136 e. The predicted octanol–water partition coefficient (Wildman–Crippen LogP) is 3.69. The first kappa shape index (κ1) is 12.0. The fraction of sp³-hybridized carbons (Fsp3) is 0.176. The Labute approximate surface area is 113 Å². The average molecular weight is 252 g/mol. The van der Waals surface area contributed by atoms with E-state index in [9.17, 15) is 5.11 Å². The van der Waals surface area contributed by atoms with Crippen molar-refractivity contribution < 1.29 is 9.84 Å². The highest BCUT2D eigenvalue weighted by molar-refractivity contribution is 5.63. The van der Waals surface area contributed by atoms with Gasteiger partial charge in [-0.1, -0.05) is 54.6 Å². The third-order valence-corrected chi connectivity index (χ3v) is 3.34. The van der Waals surface area contributed by atoms with Crippen LogP contribution in [0.2, 0.25) is 0 Å². The van der Waals surface area contributed by atoms with Crippen LogP contribution in [0.5, 0.6) is 0 Å². The lowest BCUT2D eigenvalue weighted by molar-refractivity contribution is 0.119. The van der Waals surface area contributed by atoms with Crippen LogP contribution in [0.15, 0.2) is 66.4 Å². The molecule has 2 aromatic rings. The summed E-state index contributed by atoms with van der Waals surface area (Å²) in [5.74, 6) is 0.674. The Morgan fingerprint density at radius 2 is 1.58 bits per heavy atom. The SMILES string of the molecule is OC(C1=CCCO1)c1ccc(-c2ccccc2)cc1. The fourth-order valence-corrected chi connectivity index (χ4v) is 2.28. The van der Waals surface area contributed by atoms with Crippen LogP contribution < -0.4 is 0 Å². The van der Waals surface area contributed by atoms with Gasteiger partial charge in [-0.2, -0.15) is 0 Å². The second-order valence-corrected chi connectivity index (χ2v) is 4.63. The van der Waals surface area contributed by atoms with Crippen molar-refractivity contribution in [3.8, 4) is 11.1 Å². The van der Waals surface area contributed by atoms with Gasteiger partial charge in [0.05, 0.1) is 6.61 Å². The zero-order valence-corrected chi connectivity index (χ0v) is 10.6. The van der Waals surface area contributed by atoms with Gasteiger partial charge < -0.3 is 9.84 Å². The summed E-state index contributed by atoms with van der Waals surface area (Å²) in [7, 11) is 0. The fourth-order valence-electron chi connectivity index (χ4n) is 2.28. The van der Waals surface area contributed by atoms with Crippen LogP contribution in [-0.4, -0.2) is 11.7 Å². The lowest BCUT2D eigenvalue weighted by Gasteiger charge is -2.13. The van der Waals surface area contributed by atoms with Gasteiger partial charge in [-0.25, -0.2) is 0 Å². The molecule has 0 aliphatic carbocycles. The highest BCUT2D eigenvalue weighted by Gasteiger charge is 2.17. The van der Waals surface area contributed by atoms with E-state index in [-0.39, 0.29) is 0 Å². The zero-order valence-electron chi connectivity index (χ0n) is 10.6. The van der Waals surface area contributed by atoms with E-state index in [0.717, 1.165) is 17.5 Å². The second kappa shape index (κ2) is 5.29.